The standard InChI is InChI=1S/C12H17N3/c1-8(13)7-10-5-4-6-11-9(2)14-15(3)12(10)11/h4-6,8H,7,13H2,1-3H3. The minimum Gasteiger partial charge on any atom is -0.328 e. The van der Waals surface area contributed by atoms with Crippen molar-refractivity contribution in [2.75, 3.05) is 0 Å². The van der Waals surface area contributed by atoms with Gasteiger partial charge < -0.3 is 5.73 Å². The van der Waals surface area contributed by atoms with Gasteiger partial charge in [0.1, 0.15) is 0 Å². The van der Waals surface area contributed by atoms with E-state index >= 15 is 0 Å². The van der Waals surface area contributed by atoms with Crippen molar-refractivity contribution in [2.24, 2.45) is 12.8 Å². The van der Waals surface area contributed by atoms with E-state index in [4.69, 9.17) is 5.73 Å². The van der Waals surface area contributed by atoms with Crippen LogP contribution in [0.2, 0.25) is 0 Å². The molecule has 0 spiro atoms. The molecule has 1 unspecified atom stereocenters. The molecule has 0 aliphatic rings. The molecule has 3 heteroatoms. The van der Waals surface area contributed by atoms with Crippen LogP contribution < -0.4 is 5.73 Å². The highest BCUT2D eigenvalue weighted by molar-refractivity contribution is 5.84. The third kappa shape index (κ3) is 1.75. The Kier molecular flexibility index (Phi) is 2.49. The first-order valence-electron chi connectivity index (χ1n) is 5.26. The van der Waals surface area contributed by atoms with Gasteiger partial charge in [-0.3, -0.25) is 4.68 Å². The second-order valence-corrected chi connectivity index (χ2v) is 4.20. The van der Waals surface area contributed by atoms with Crippen molar-refractivity contribution in [1.29, 1.82) is 0 Å². The molecule has 1 aromatic carbocycles. The molecule has 15 heavy (non-hydrogen) atoms. The summed E-state index contributed by atoms with van der Waals surface area (Å²) < 4.78 is 1.95. The highest BCUT2D eigenvalue weighted by Gasteiger charge is 2.09. The van der Waals surface area contributed by atoms with Crippen LogP contribution in [0.1, 0.15) is 18.2 Å². The summed E-state index contributed by atoms with van der Waals surface area (Å²) in [6, 6.07) is 6.51. The molecule has 0 aliphatic heterocycles. The third-order valence-electron chi connectivity index (χ3n) is 2.67. The predicted molar refractivity (Wildman–Crippen MR) is 62.8 cm³/mol. The number of rotatable bonds is 2. The maximum absolute atomic E-state index is 5.84. The molecule has 0 aliphatic carbocycles. The Morgan fingerprint density at radius 1 is 1.47 bits per heavy atom. The molecule has 0 amide bonds. The van der Waals surface area contributed by atoms with Crippen molar-refractivity contribution in [3.63, 3.8) is 0 Å². The Morgan fingerprint density at radius 2 is 2.20 bits per heavy atom. The number of hydrogen-bond donors (Lipinski definition) is 1. The topological polar surface area (TPSA) is 43.8 Å². The van der Waals surface area contributed by atoms with Gasteiger partial charge in [-0.05, 0) is 25.8 Å². The van der Waals surface area contributed by atoms with Crippen LogP contribution in [0, 0.1) is 6.92 Å². The Labute approximate surface area is 89.9 Å². The number of fused-ring (bicyclic) bond motifs is 1. The summed E-state index contributed by atoms with van der Waals surface area (Å²) in [6.45, 7) is 4.07. The Morgan fingerprint density at radius 3 is 2.87 bits per heavy atom. The van der Waals surface area contributed by atoms with Gasteiger partial charge in [0, 0.05) is 18.5 Å². The van der Waals surface area contributed by atoms with Gasteiger partial charge in [0.05, 0.1) is 11.2 Å². The largest absolute Gasteiger partial charge is 0.328 e. The van der Waals surface area contributed by atoms with Crippen LogP contribution in [0.4, 0.5) is 0 Å². The van der Waals surface area contributed by atoms with E-state index in [9.17, 15) is 0 Å². The maximum atomic E-state index is 5.84. The van der Waals surface area contributed by atoms with E-state index < -0.39 is 0 Å². The van der Waals surface area contributed by atoms with Crippen LogP contribution >= 0.6 is 0 Å². The van der Waals surface area contributed by atoms with Crippen LogP contribution in [0.25, 0.3) is 10.9 Å². The number of hydrogen-bond acceptors (Lipinski definition) is 2. The van der Waals surface area contributed by atoms with Gasteiger partial charge in [-0.15, -0.1) is 0 Å². The second-order valence-electron chi connectivity index (χ2n) is 4.20. The fourth-order valence-electron chi connectivity index (χ4n) is 2.11. The van der Waals surface area contributed by atoms with Gasteiger partial charge in [-0.1, -0.05) is 18.2 Å². The average Bonchev–Trinajstić information content (AvgIpc) is 2.43. The van der Waals surface area contributed by atoms with Gasteiger partial charge in [0.25, 0.3) is 0 Å². The summed E-state index contributed by atoms with van der Waals surface area (Å²) >= 11 is 0. The highest BCUT2D eigenvalue weighted by Crippen LogP contribution is 2.21. The first kappa shape index (κ1) is 10.2. The summed E-state index contributed by atoms with van der Waals surface area (Å²) in [7, 11) is 1.99. The lowest BCUT2D eigenvalue weighted by Gasteiger charge is -2.07. The molecule has 0 saturated heterocycles. The molecule has 1 atom stereocenters. The third-order valence-corrected chi connectivity index (χ3v) is 2.67. The molecular weight excluding hydrogens is 186 g/mol. The lowest BCUT2D eigenvalue weighted by atomic mass is 10.0. The second kappa shape index (κ2) is 3.66. The molecule has 2 rings (SSSR count). The Hall–Kier alpha value is -1.35. The Balaban J connectivity index is 2.64. The van der Waals surface area contributed by atoms with E-state index in [0.29, 0.717) is 0 Å². The number of para-hydroxylation sites is 1. The zero-order valence-electron chi connectivity index (χ0n) is 9.49. The fraction of sp³-hybridized carbons (Fsp3) is 0.417. The van der Waals surface area contributed by atoms with E-state index in [1.165, 1.54) is 16.5 Å². The van der Waals surface area contributed by atoms with Crippen LogP contribution in [0.15, 0.2) is 18.2 Å². The number of nitrogens with two attached hydrogens (primary N) is 1. The van der Waals surface area contributed by atoms with Crippen LogP contribution in [0.5, 0.6) is 0 Å². The molecular formula is C12H17N3. The number of aromatic nitrogens is 2. The van der Waals surface area contributed by atoms with Crippen molar-refractivity contribution < 1.29 is 0 Å². The highest BCUT2D eigenvalue weighted by atomic mass is 15.3. The summed E-state index contributed by atoms with van der Waals surface area (Å²) in [5.74, 6) is 0. The van der Waals surface area contributed by atoms with Crippen LogP contribution in [-0.4, -0.2) is 15.8 Å². The molecule has 2 aromatic rings. The molecule has 0 fully saturated rings. The molecule has 80 valence electrons. The molecule has 2 N–H and O–H groups in total. The SMILES string of the molecule is Cc1nn(C)c2c(CC(C)N)cccc12. The monoisotopic (exact) mass is 203 g/mol. The Bertz CT molecular complexity index is 483. The van der Waals surface area contributed by atoms with Gasteiger partial charge in [-0.25, -0.2) is 0 Å². The zero-order valence-corrected chi connectivity index (χ0v) is 9.49. The van der Waals surface area contributed by atoms with E-state index in [-0.39, 0.29) is 6.04 Å². The minimum absolute atomic E-state index is 0.186. The first-order chi connectivity index (χ1) is 7.09. The van der Waals surface area contributed by atoms with E-state index in [1.807, 2.05) is 25.6 Å². The maximum Gasteiger partial charge on any atom is 0.0714 e. The lowest BCUT2D eigenvalue weighted by Crippen LogP contribution is -2.18. The van der Waals surface area contributed by atoms with Crippen LogP contribution in [0.3, 0.4) is 0 Å². The van der Waals surface area contributed by atoms with Crippen molar-refractivity contribution in [1.82, 2.24) is 9.78 Å². The van der Waals surface area contributed by atoms with Crippen LogP contribution in [-0.2, 0) is 13.5 Å². The van der Waals surface area contributed by atoms with Gasteiger partial charge >= 0.3 is 0 Å². The average molecular weight is 203 g/mol. The molecule has 1 heterocycles. The number of aryl methyl sites for hydroxylation is 2. The van der Waals surface area contributed by atoms with Crippen molar-refractivity contribution in [3.8, 4) is 0 Å². The van der Waals surface area contributed by atoms with Gasteiger partial charge in [0.15, 0.2) is 0 Å². The van der Waals surface area contributed by atoms with E-state index in [2.05, 4.69) is 23.3 Å². The predicted octanol–water partition coefficient (Wildman–Crippen LogP) is 1.77. The summed E-state index contributed by atoms with van der Waals surface area (Å²) in [4.78, 5) is 0. The molecule has 0 saturated carbocycles. The molecule has 3 nitrogen and oxygen atoms in total. The quantitative estimate of drug-likeness (QED) is 0.808. The molecule has 0 radical (unpaired) electrons. The van der Waals surface area contributed by atoms with E-state index in [0.717, 1.165) is 12.1 Å². The summed E-state index contributed by atoms with van der Waals surface area (Å²) in [5.41, 5.74) is 9.42. The molecule has 1 aromatic heterocycles. The number of nitrogens with zero attached hydrogens (tertiary/aromatic N) is 2. The summed E-state index contributed by atoms with van der Waals surface area (Å²) in [5, 5.41) is 5.67. The summed E-state index contributed by atoms with van der Waals surface area (Å²) in [6.07, 6.45) is 0.899. The van der Waals surface area contributed by atoms with Crippen molar-refractivity contribution >= 4 is 10.9 Å². The van der Waals surface area contributed by atoms with Crippen molar-refractivity contribution in [2.45, 2.75) is 26.3 Å². The molecule has 0 bridgehead atoms. The number of benzene rings is 1. The smallest absolute Gasteiger partial charge is 0.0714 e. The zero-order chi connectivity index (χ0) is 11.0. The minimum atomic E-state index is 0.186. The first-order valence-corrected chi connectivity index (χ1v) is 5.26. The van der Waals surface area contributed by atoms with E-state index in [1.54, 1.807) is 0 Å². The van der Waals surface area contributed by atoms with Crippen molar-refractivity contribution in [3.05, 3.63) is 29.5 Å². The fourth-order valence-corrected chi connectivity index (χ4v) is 2.11. The van der Waals surface area contributed by atoms with Gasteiger partial charge in [0.2, 0.25) is 0 Å². The van der Waals surface area contributed by atoms with Gasteiger partial charge in [-0.2, -0.15) is 5.10 Å². The lowest BCUT2D eigenvalue weighted by molar-refractivity contribution is 0.729. The normalized spacial score (nSPS) is 13.3.